The lowest BCUT2D eigenvalue weighted by atomic mass is 9.95. The summed E-state index contributed by atoms with van der Waals surface area (Å²) in [5.41, 5.74) is 4.11. The highest BCUT2D eigenvalue weighted by molar-refractivity contribution is 9.10. The van der Waals surface area contributed by atoms with Gasteiger partial charge in [0.05, 0.1) is 22.8 Å². The first kappa shape index (κ1) is 23.8. The van der Waals surface area contributed by atoms with Gasteiger partial charge in [-0.05, 0) is 53.5 Å². The Bertz CT molecular complexity index is 1420. The molecule has 4 rings (SSSR count). The van der Waals surface area contributed by atoms with Gasteiger partial charge in [0, 0.05) is 42.8 Å². The number of hydrogen-bond acceptors (Lipinski definition) is 6. The molecule has 0 saturated heterocycles. The van der Waals surface area contributed by atoms with E-state index in [1.165, 1.54) is 0 Å². The smallest absolute Gasteiger partial charge is 0.273 e. The lowest BCUT2D eigenvalue weighted by molar-refractivity contribution is 0.296. The molecule has 0 atom stereocenters. The summed E-state index contributed by atoms with van der Waals surface area (Å²) in [4.78, 5) is 27.1. The molecule has 0 spiro atoms. The van der Waals surface area contributed by atoms with Crippen LogP contribution < -0.4 is 10.3 Å². The van der Waals surface area contributed by atoms with Crippen molar-refractivity contribution in [2.45, 2.75) is 46.6 Å². The van der Waals surface area contributed by atoms with Gasteiger partial charge >= 0.3 is 0 Å². The van der Waals surface area contributed by atoms with Crippen LogP contribution in [0.15, 0.2) is 52.1 Å². The predicted octanol–water partition coefficient (Wildman–Crippen LogP) is 4.68. The molecule has 0 aliphatic rings. The summed E-state index contributed by atoms with van der Waals surface area (Å²) in [6.45, 7) is 10.3. The Hall–Kier alpha value is -3.33. The van der Waals surface area contributed by atoms with Crippen LogP contribution in [0.1, 0.15) is 43.5 Å². The summed E-state index contributed by atoms with van der Waals surface area (Å²) >= 11 is 3.44. The number of aromatic nitrogens is 6. The van der Waals surface area contributed by atoms with Crippen molar-refractivity contribution in [1.29, 1.82) is 0 Å². The third kappa shape index (κ3) is 4.79. The molecule has 0 amide bonds. The number of aryl methyl sites for hydroxylation is 3. The minimum atomic E-state index is -0.214. The summed E-state index contributed by atoms with van der Waals surface area (Å²) in [5, 5.41) is 4.31. The predicted molar refractivity (Wildman–Crippen MR) is 134 cm³/mol. The van der Waals surface area contributed by atoms with E-state index in [0.29, 0.717) is 21.6 Å². The number of hydrogen-bond donors (Lipinski definition) is 0. The Morgan fingerprint density at radius 2 is 1.85 bits per heavy atom. The number of pyridine rings is 2. The minimum Gasteiger partial charge on any atom is -0.486 e. The van der Waals surface area contributed by atoms with Crippen LogP contribution in [-0.2, 0) is 19.1 Å². The van der Waals surface area contributed by atoms with Crippen molar-refractivity contribution >= 4 is 15.9 Å². The maximum absolute atomic E-state index is 13.4. The molecule has 0 N–H and O–H groups in total. The molecule has 0 bridgehead atoms. The molecule has 8 nitrogen and oxygen atoms in total. The maximum atomic E-state index is 13.4. The fourth-order valence-electron chi connectivity index (χ4n) is 3.53. The monoisotopic (exact) mass is 522 g/mol. The third-order valence-corrected chi connectivity index (χ3v) is 6.08. The fourth-order valence-corrected chi connectivity index (χ4v) is 3.94. The molecule has 0 unspecified atom stereocenters. The van der Waals surface area contributed by atoms with E-state index in [-0.39, 0.29) is 17.6 Å². The highest BCUT2D eigenvalue weighted by Gasteiger charge is 2.19. The van der Waals surface area contributed by atoms with Crippen LogP contribution in [0, 0.1) is 13.8 Å². The van der Waals surface area contributed by atoms with Crippen LogP contribution in [0.25, 0.3) is 17.1 Å². The van der Waals surface area contributed by atoms with Gasteiger partial charge < -0.3 is 4.74 Å². The van der Waals surface area contributed by atoms with Crippen LogP contribution in [0.3, 0.4) is 0 Å². The first-order valence-electron chi connectivity index (χ1n) is 10.9. The van der Waals surface area contributed by atoms with Gasteiger partial charge in [-0.1, -0.05) is 20.8 Å². The van der Waals surface area contributed by atoms with Gasteiger partial charge in [0.15, 0.2) is 0 Å². The number of halogens is 1. The Morgan fingerprint density at radius 3 is 2.53 bits per heavy atom. The van der Waals surface area contributed by atoms with E-state index < -0.39 is 0 Å². The Morgan fingerprint density at radius 1 is 1.09 bits per heavy atom. The molecule has 4 heterocycles. The fraction of sp³-hybridized carbons (Fsp3) is 0.320. The molecule has 0 aromatic carbocycles. The Labute approximate surface area is 206 Å². The molecule has 9 heteroatoms. The standard InChI is InChI=1S/C25H27BrN6O2/c1-15-13-28-19(18-7-9-27-24(29-18)25(3,4)5)12-20(15)32-16(2)11-21(22(26)23(32)33)34-14-17-8-10-31(6)30-17/h7-13H,14H2,1-6H3. The van der Waals surface area contributed by atoms with Gasteiger partial charge in [-0.15, -0.1) is 0 Å². The van der Waals surface area contributed by atoms with Crippen molar-refractivity contribution in [3.8, 4) is 22.8 Å². The molecule has 0 aliphatic heterocycles. The molecular weight excluding hydrogens is 496 g/mol. The zero-order valence-corrected chi connectivity index (χ0v) is 21.7. The first-order chi connectivity index (χ1) is 16.0. The zero-order chi connectivity index (χ0) is 24.6. The number of ether oxygens (including phenoxy) is 1. The second-order valence-electron chi connectivity index (χ2n) is 9.25. The van der Waals surface area contributed by atoms with Crippen LogP contribution in [-0.4, -0.2) is 29.3 Å². The quantitative estimate of drug-likeness (QED) is 0.378. The average molecular weight is 523 g/mol. The van der Waals surface area contributed by atoms with Crippen molar-refractivity contribution in [3.05, 3.63) is 80.5 Å². The van der Waals surface area contributed by atoms with Gasteiger partial charge in [0.1, 0.15) is 22.7 Å². The molecule has 0 radical (unpaired) electrons. The summed E-state index contributed by atoms with van der Waals surface area (Å²) in [6, 6.07) is 7.44. The van der Waals surface area contributed by atoms with E-state index in [1.54, 1.807) is 21.6 Å². The summed E-state index contributed by atoms with van der Waals surface area (Å²) in [5.74, 6) is 1.21. The largest absolute Gasteiger partial charge is 0.486 e. The third-order valence-electron chi connectivity index (χ3n) is 5.35. The molecule has 0 fully saturated rings. The van der Waals surface area contributed by atoms with Gasteiger partial charge in [-0.25, -0.2) is 9.97 Å². The van der Waals surface area contributed by atoms with Crippen LogP contribution in [0.2, 0.25) is 0 Å². The van der Waals surface area contributed by atoms with Gasteiger partial charge in [0.25, 0.3) is 5.56 Å². The lowest BCUT2D eigenvalue weighted by Gasteiger charge is -2.18. The van der Waals surface area contributed by atoms with E-state index in [1.807, 2.05) is 51.4 Å². The summed E-state index contributed by atoms with van der Waals surface area (Å²) < 4.78 is 9.61. The molecule has 176 valence electrons. The molecule has 4 aromatic heterocycles. The van der Waals surface area contributed by atoms with Crippen molar-refractivity contribution in [3.63, 3.8) is 0 Å². The van der Waals surface area contributed by atoms with E-state index >= 15 is 0 Å². The lowest BCUT2D eigenvalue weighted by Crippen LogP contribution is -2.23. The van der Waals surface area contributed by atoms with Crippen LogP contribution in [0.4, 0.5) is 0 Å². The number of rotatable bonds is 5. The molecule has 0 aliphatic carbocycles. The summed E-state index contributed by atoms with van der Waals surface area (Å²) in [6.07, 6.45) is 5.35. The number of nitrogens with zero attached hydrogens (tertiary/aromatic N) is 6. The normalized spacial score (nSPS) is 11.6. The van der Waals surface area contributed by atoms with E-state index in [9.17, 15) is 4.79 Å². The van der Waals surface area contributed by atoms with Crippen LogP contribution in [0.5, 0.6) is 5.75 Å². The average Bonchev–Trinajstić information content (AvgIpc) is 3.21. The molecule has 34 heavy (non-hydrogen) atoms. The molecule has 4 aromatic rings. The van der Waals surface area contributed by atoms with Crippen molar-refractivity contribution in [2.24, 2.45) is 7.05 Å². The van der Waals surface area contributed by atoms with E-state index in [4.69, 9.17) is 9.72 Å². The molecule has 0 saturated carbocycles. The first-order valence-corrected chi connectivity index (χ1v) is 11.7. The topological polar surface area (TPSA) is 87.7 Å². The Balaban J connectivity index is 1.73. The van der Waals surface area contributed by atoms with Gasteiger partial charge in [-0.3, -0.25) is 19.0 Å². The highest BCUT2D eigenvalue weighted by atomic mass is 79.9. The summed E-state index contributed by atoms with van der Waals surface area (Å²) in [7, 11) is 1.85. The molecular formula is C25H27BrN6O2. The Kier molecular flexibility index (Phi) is 6.40. The van der Waals surface area contributed by atoms with Crippen molar-refractivity contribution in [1.82, 2.24) is 29.3 Å². The minimum absolute atomic E-state index is 0.187. The van der Waals surface area contributed by atoms with Crippen molar-refractivity contribution < 1.29 is 4.74 Å². The van der Waals surface area contributed by atoms with Crippen molar-refractivity contribution in [2.75, 3.05) is 0 Å². The highest BCUT2D eigenvalue weighted by Crippen LogP contribution is 2.28. The second-order valence-corrected chi connectivity index (χ2v) is 10.0. The van der Waals surface area contributed by atoms with Crippen LogP contribution >= 0.6 is 15.9 Å². The maximum Gasteiger partial charge on any atom is 0.273 e. The zero-order valence-electron chi connectivity index (χ0n) is 20.1. The van der Waals surface area contributed by atoms with E-state index in [0.717, 1.165) is 28.5 Å². The SMILES string of the molecule is Cc1cnc(-c2ccnc(C(C)(C)C)n2)cc1-n1c(C)cc(OCc2ccn(C)n2)c(Br)c1=O. The van der Waals surface area contributed by atoms with Gasteiger partial charge in [0.2, 0.25) is 0 Å². The second kappa shape index (κ2) is 9.13. The van der Waals surface area contributed by atoms with Gasteiger partial charge in [-0.2, -0.15) is 5.10 Å². The van der Waals surface area contributed by atoms with E-state index in [2.05, 4.69) is 51.8 Å².